The van der Waals surface area contributed by atoms with Crippen LogP contribution in [0.3, 0.4) is 0 Å². The topological polar surface area (TPSA) is 85.2 Å². The van der Waals surface area contributed by atoms with Gasteiger partial charge in [-0.2, -0.15) is 18.2 Å². The van der Waals surface area contributed by atoms with Crippen molar-refractivity contribution in [1.82, 2.24) is 10.1 Å². The molecule has 1 unspecified atom stereocenters. The Morgan fingerprint density at radius 3 is 2.67 bits per heavy atom. The highest BCUT2D eigenvalue weighted by molar-refractivity contribution is 5.58. The zero-order chi connectivity index (χ0) is 15.2. The van der Waals surface area contributed by atoms with E-state index in [2.05, 4.69) is 10.1 Å². The molecule has 0 spiro atoms. The van der Waals surface area contributed by atoms with Crippen molar-refractivity contribution >= 4 is 0 Å². The summed E-state index contributed by atoms with van der Waals surface area (Å²) in [6, 6.07) is 2.65. The van der Waals surface area contributed by atoms with E-state index in [1.165, 1.54) is 6.07 Å². The zero-order valence-electron chi connectivity index (χ0n) is 10.8. The number of alkyl halides is 3. The molecule has 0 saturated heterocycles. The van der Waals surface area contributed by atoms with Gasteiger partial charge < -0.3 is 15.4 Å². The SMILES string of the molecule is NC(c1nc(-c2ccc(O)c(C(F)(F)F)c2)no1)C1CC1. The van der Waals surface area contributed by atoms with Gasteiger partial charge >= 0.3 is 6.18 Å². The van der Waals surface area contributed by atoms with Crippen LogP contribution in [0.15, 0.2) is 22.7 Å². The van der Waals surface area contributed by atoms with E-state index in [9.17, 15) is 18.3 Å². The van der Waals surface area contributed by atoms with Crippen molar-refractivity contribution in [1.29, 1.82) is 0 Å². The van der Waals surface area contributed by atoms with Gasteiger partial charge in [-0.3, -0.25) is 0 Å². The quantitative estimate of drug-likeness (QED) is 0.910. The first-order chi connectivity index (χ1) is 9.86. The molecule has 1 aliphatic rings. The Hall–Kier alpha value is -2.09. The van der Waals surface area contributed by atoms with Crippen LogP contribution < -0.4 is 5.73 Å². The molecule has 1 aromatic carbocycles. The molecule has 5 nitrogen and oxygen atoms in total. The molecule has 0 bridgehead atoms. The van der Waals surface area contributed by atoms with E-state index in [-0.39, 0.29) is 23.3 Å². The zero-order valence-corrected chi connectivity index (χ0v) is 10.8. The van der Waals surface area contributed by atoms with Crippen LogP contribution in [0.5, 0.6) is 5.75 Å². The largest absolute Gasteiger partial charge is 0.507 e. The fourth-order valence-corrected chi connectivity index (χ4v) is 2.05. The average Bonchev–Trinajstić information content (AvgIpc) is 3.15. The molecule has 3 N–H and O–H groups in total. The fourth-order valence-electron chi connectivity index (χ4n) is 2.05. The van der Waals surface area contributed by atoms with E-state index in [1.54, 1.807) is 0 Å². The third-order valence-electron chi connectivity index (χ3n) is 3.42. The van der Waals surface area contributed by atoms with Gasteiger partial charge in [-0.1, -0.05) is 5.16 Å². The van der Waals surface area contributed by atoms with Crippen LogP contribution in [-0.4, -0.2) is 15.2 Å². The summed E-state index contributed by atoms with van der Waals surface area (Å²) in [6.45, 7) is 0. The van der Waals surface area contributed by atoms with Crippen molar-refractivity contribution in [3.05, 3.63) is 29.7 Å². The molecule has 1 atom stereocenters. The summed E-state index contributed by atoms with van der Waals surface area (Å²) < 4.78 is 43.3. The number of hydrogen-bond acceptors (Lipinski definition) is 5. The van der Waals surface area contributed by atoms with Crippen LogP contribution >= 0.6 is 0 Å². The van der Waals surface area contributed by atoms with E-state index in [0.717, 1.165) is 25.0 Å². The predicted molar refractivity (Wildman–Crippen MR) is 66.1 cm³/mol. The lowest BCUT2D eigenvalue weighted by molar-refractivity contribution is -0.138. The monoisotopic (exact) mass is 299 g/mol. The van der Waals surface area contributed by atoms with E-state index in [0.29, 0.717) is 5.92 Å². The van der Waals surface area contributed by atoms with Crippen molar-refractivity contribution in [2.24, 2.45) is 11.7 Å². The first-order valence-corrected chi connectivity index (χ1v) is 6.36. The highest BCUT2D eigenvalue weighted by Gasteiger charge is 2.35. The molecule has 1 aromatic heterocycles. The summed E-state index contributed by atoms with van der Waals surface area (Å²) >= 11 is 0. The minimum atomic E-state index is -4.66. The molecule has 3 rings (SSSR count). The lowest BCUT2D eigenvalue weighted by atomic mass is 10.1. The summed E-state index contributed by atoms with van der Waals surface area (Å²) in [5, 5.41) is 12.9. The fraction of sp³-hybridized carbons (Fsp3) is 0.385. The molecule has 1 saturated carbocycles. The third-order valence-corrected chi connectivity index (χ3v) is 3.42. The lowest BCUT2D eigenvalue weighted by Gasteiger charge is -2.09. The van der Waals surface area contributed by atoms with Gasteiger partial charge in [0.15, 0.2) is 0 Å². The summed E-state index contributed by atoms with van der Waals surface area (Å²) in [6.07, 6.45) is -2.69. The number of phenolic OH excluding ortho intramolecular Hbond substituents is 1. The third kappa shape index (κ3) is 2.71. The molecular weight excluding hydrogens is 287 g/mol. The molecule has 0 aliphatic heterocycles. The van der Waals surface area contributed by atoms with Crippen LogP contribution in [0.25, 0.3) is 11.4 Å². The average molecular weight is 299 g/mol. The number of nitrogens with zero attached hydrogens (tertiary/aromatic N) is 2. The van der Waals surface area contributed by atoms with Crippen LogP contribution in [0.2, 0.25) is 0 Å². The molecule has 1 aliphatic carbocycles. The summed E-state index contributed by atoms with van der Waals surface area (Å²) in [7, 11) is 0. The summed E-state index contributed by atoms with van der Waals surface area (Å²) in [4.78, 5) is 4.04. The number of benzene rings is 1. The highest BCUT2D eigenvalue weighted by atomic mass is 19.4. The number of aromatic hydroxyl groups is 1. The Morgan fingerprint density at radius 1 is 1.33 bits per heavy atom. The van der Waals surface area contributed by atoms with Crippen LogP contribution in [0, 0.1) is 5.92 Å². The lowest BCUT2D eigenvalue weighted by Crippen LogP contribution is -2.12. The van der Waals surface area contributed by atoms with Crippen molar-refractivity contribution in [3.8, 4) is 17.1 Å². The second-order valence-electron chi connectivity index (χ2n) is 5.05. The number of rotatable bonds is 3. The second kappa shape index (κ2) is 4.73. The number of nitrogens with two attached hydrogens (primary N) is 1. The maximum absolute atomic E-state index is 12.7. The Kier molecular flexibility index (Phi) is 3.12. The van der Waals surface area contributed by atoms with Crippen molar-refractivity contribution in [3.63, 3.8) is 0 Å². The number of phenols is 1. The molecule has 0 amide bonds. The van der Waals surface area contributed by atoms with E-state index < -0.39 is 17.5 Å². The first kappa shape index (κ1) is 13.9. The maximum Gasteiger partial charge on any atom is 0.419 e. The number of hydrogen-bond donors (Lipinski definition) is 2. The Bertz CT molecular complexity index is 665. The molecule has 2 aromatic rings. The van der Waals surface area contributed by atoms with E-state index >= 15 is 0 Å². The van der Waals surface area contributed by atoms with Gasteiger partial charge in [-0.15, -0.1) is 0 Å². The van der Waals surface area contributed by atoms with Gasteiger partial charge in [0, 0.05) is 5.56 Å². The van der Waals surface area contributed by atoms with Crippen molar-refractivity contribution < 1.29 is 22.8 Å². The molecule has 112 valence electrons. The van der Waals surface area contributed by atoms with E-state index in [4.69, 9.17) is 10.3 Å². The maximum atomic E-state index is 12.7. The van der Waals surface area contributed by atoms with Gasteiger partial charge in [0.2, 0.25) is 11.7 Å². The first-order valence-electron chi connectivity index (χ1n) is 6.36. The number of aromatic nitrogens is 2. The smallest absolute Gasteiger partial charge is 0.419 e. The molecule has 8 heteroatoms. The van der Waals surface area contributed by atoms with Crippen LogP contribution in [-0.2, 0) is 6.18 Å². The predicted octanol–water partition coefficient (Wildman–Crippen LogP) is 2.87. The molecule has 0 radical (unpaired) electrons. The van der Waals surface area contributed by atoms with Crippen molar-refractivity contribution in [2.75, 3.05) is 0 Å². The summed E-state index contributed by atoms with van der Waals surface area (Å²) in [5.74, 6) is -0.311. The highest BCUT2D eigenvalue weighted by Crippen LogP contribution is 2.40. The number of halogens is 3. The Labute approximate surface area is 117 Å². The van der Waals surface area contributed by atoms with Gasteiger partial charge in [-0.25, -0.2) is 0 Å². The Morgan fingerprint density at radius 2 is 2.05 bits per heavy atom. The standard InChI is InChI=1S/C13H12F3N3O2/c14-13(15,16)8-5-7(3-4-9(8)20)11-18-12(21-19-11)10(17)6-1-2-6/h3-6,10,20H,1-2,17H2. The van der Waals surface area contributed by atoms with Gasteiger partial charge in [-0.05, 0) is 37.0 Å². The minimum Gasteiger partial charge on any atom is -0.507 e. The molecule has 1 fully saturated rings. The summed E-state index contributed by atoms with van der Waals surface area (Å²) in [5.41, 5.74) is 4.87. The van der Waals surface area contributed by atoms with Crippen LogP contribution in [0.4, 0.5) is 13.2 Å². The molecular formula is C13H12F3N3O2. The van der Waals surface area contributed by atoms with E-state index in [1.807, 2.05) is 0 Å². The molecule has 1 heterocycles. The van der Waals surface area contributed by atoms with Gasteiger partial charge in [0.05, 0.1) is 11.6 Å². The molecule has 21 heavy (non-hydrogen) atoms. The van der Waals surface area contributed by atoms with Crippen molar-refractivity contribution in [2.45, 2.75) is 25.1 Å². The van der Waals surface area contributed by atoms with Gasteiger partial charge in [0.25, 0.3) is 0 Å². The van der Waals surface area contributed by atoms with Gasteiger partial charge in [0.1, 0.15) is 5.75 Å². The normalized spacial score (nSPS) is 17.0. The second-order valence-corrected chi connectivity index (χ2v) is 5.05. The Balaban J connectivity index is 1.93. The van der Waals surface area contributed by atoms with Crippen LogP contribution in [0.1, 0.15) is 30.3 Å². The minimum absolute atomic E-state index is 0.0200.